The minimum atomic E-state index is -0.585. The number of rotatable bonds is 2. The van der Waals surface area contributed by atoms with Crippen LogP contribution >= 0.6 is 11.6 Å². The second-order valence-corrected chi connectivity index (χ2v) is 5.27. The Labute approximate surface area is 137 Å². The van der Waals surface area contributed by atoms with Gasteiger partial charge in [-0.25, -0.2) is 9.69 Å². The first-order chi connectivity index (χ1) is 11.0. The van der Waals surface area contributed by atoms with E-state index < -0.39 is 11.9 Å². The third-order valence-corrected chi connectivity index (χ3v) is 3.44. The molecule has 0 aliphatic carbocycles. The maximum atomic E-state index is 12.4. The Hall–Kier alpha value is -2.73. The number of halogens is 1. The molecule has 0 saturated heterocycles. The van der Waals surface area contributed by atoms with Crippen molar-refractivity contribution >= 4 is 34.9 Å². The Bertz CT molecular complexity index is 778. The molecule has 0 saturated carbocycles. The van der Waals surface area contributed by atoms with Gasteiger partial charge < -0.3 is 14.8 Å². The van der Waals surface area contributed by atoms with E-state index in [0.717, 1.165) is 4.90 Å². The molecule has 1 heterocycles. The molecule has 0 unspecified atom stereocenters. The molecule has 23 heavy (non-hydrogen) atoms. The van der Waals surface area contributed by atoms with Gasteiger partial charge >= 0.3 is 6.03 Å². The lowest BCUT2D eigenvalue weighted by Crippen LogP contribution is -2.38. The number of nitrogens with zero attached hydrogens (tertiary/aromatic N) is 1. The molecule has 118 valence electrons. The highest BCUT2D eigenvalue weighted by molar-refractivity contribution is 6.31. The van der Waals surface area contributed by atoms with E-state index in [2.05, 4.69) is 5.32 Å². The van der Waals surface area contributed by atoms with E-state index in [1.807, 2.05) is 0 Å². The monoisotopic (exact) mass is 332 g/mol. The molecule has 0 atom stereocenters. The Morgan fingerprint density at radius 3 is 2.65 bits per heavy atom. The predicted octanol–water partition coefficient (Wildman–Crippen LogP) is 3.65. The van der Waals surface area contributed by atoms with E-state index in [-0.39, 0.29) is 6.79 Å². The lowest BCUT2D eigenvalue weighted by Gasteiger charge is -2.20. The maximum absolute atomic E-state index is 12.4. The Morgan fingerprint density at radius 2 is 1.91 bits per heavy atom. The fraction of sp³-hybridized carbons (Fsp3) is 0.125. The number of hydrogen-bond acceptors (Lipinski definition) is 4. The van der Waals surface area contributed by atoms with Crippen molar-refractivity contribution in [3.8, 4) is 11.5 Å². The fourth-order valence-electron chi connectivity index (χ4n) is 2.21. The van der Waals surface area contributed by atoms with Crippen LogP contribution in [-0.2, 0) is 4.79 Å². The molecule has 2 aromatic rings. The van der Waals surface area contributed by atoms with E-state index in [9.17, 15) is 9.59 Å². The fourth-order valence-corrected chi connectivity index (χ4v) is 2.40. The highest BCUT2D eigenvalue weighted by Gasteiger charge is 2.23. The molecule has 7 heteroatoms. The topological polar surface area (TPSA) is 67.9 Å². The summed E-state index contributed by atoms with van der Waals surface area (Å²) in [5.74, 6) is 0.639. The quantitative estimate of drug-likeness (QED) is 0.911. The molecular weight excluding hydrogens is 320 g/mol. The van der Waals surface area contributed by atoms with Crippen molar-refractivity contribution in [2.45, 2.75) is 6.92 Å². The summed E-state index contributed by atoms with van der Waals surface area (Å²) < 4.78 is 10.5. The van der Waals surface area contributed by atoms with Crippen molar-refractivity contribution in [3.05, 3.63) is 47.5 Å². The van der Waals surface area contributed by atoms with Gasteiger partial charge in [-0.05, 0) is 30.3 Å². The van der Waals surface area contributed by atoms with Gasteiger partial charge in [0.05, 0.1) is 5.69 Å². The summed E-state index contributed by atoms with van der Waals surface area (Å²) in [5.41, 5.74) is 0.885. The van der Waals surface area contributed by atoms with Crippen molar-refractivity contribution in [1.29, 1.82) is 0 Å². The van der Waals surface area contributed by atoms with E-state index in [1.54, 1.807) is 42.5 Å². The van der Waals surface area contributed by atoms with Gasteiger partial charge in [-0.1, -0.05) is 17.7 Å². The van der Waals surface area contributed by atoms with E-state index in [0.29, 0.717) is 27.9 Å². The first kappa shape index (κ1) is 15.2. The minimum Gasteiger partial charge on any atom is -0.454 e. The van der Waals surface area contributed by atoms with Gasteiger partial charge in [0.25, 0.3) is 0 Å². The molecule has 0 fully saturated rings. The molecule has 0 aromatic heterocycles. The average Bonchev–Trinajstić information content (AvgIpc) is 2.94. The van der Waals surface area contributed by atoms with Crippen molar-refractivity contribution < 1.29 is 19.1 Å². The van der Waals surface area contributed by atoms with E-state index in [4.69, 9.17) is 21.1 Å². The van der Waals surface area contributed by atoms with Crippen molar-refractivity contribution in [1.82, 2.24) is 0 Å². The molecule has 0 radical (unpaired) electrons. The number of anilines is 2. The zero-order chi connectivity index (χ0) is 16.4. The average molecular weight is 333 g/mol. The minimum absolute atomic E-state index is 0.119. The molecule has 0 spiro atoms. The van der Waals surface area contributed by atoms with Gasteiger partial charge in [0, 0.05) is 23.7 Å². The Morgan fingerprint density at radius 1 is 1.13 bits per heavy atom. The van der Waals surface area contributed by atoms with Crippen molar-refractivity contribution in [3.63, 3.8) is 0 Å². The van der Waals surface area contributed by atoms with Crippen molar-refractivity contribution in [2.75, 3.05) is 17.0 Å². The van der Waals surface area contributed by atoms with Gasteiger partial charge in [-0.15, -0.1) is 0 Å². The number of benzene rings is 2. The Kier molecular flexibility index (Phi) is 4.08. The van der Waals surface area contributed by atoms with Crippen LogP contribution in [0, 0.1) is 0 Å². The maximum Gasteiger partial charge on any atom is 0.333 e. The van der Waals surface area contributed by atoms with Crippen molar-refractivity contribution in [2.24, 2.45) is 0 Å². The molecule has 6 nitrogen and oxygen atoms in total. The zero-order valence-corrected chi connectivity index (χ0v) is 13.0. The number of amides is 3. The Balaban J connectivity index is 1.86. The van der Waals surface area contributed by atoms with Crippen LogP contribution in [0.1, 0.15) is 6.92 Å². The largest absolute Gasteiger partial charge is 0.454 e. The van der Waals surface area contributed by atoms with E-state index >= 15 is 0 Å². The number of imide groups is 1. The number of urea groups is 1. The van der Waals surface area contributed by atoms with Crippen LogP contribution in [0.4, 0.5) is 16.2 Å². The van der Waals surface area contributed by atoms with Crippen LogP contribution in [-0.4, -0.2) is 18.7 Å². The number of carbonyl (C=O) groups excluding carboxylic acids is 2. The van der Waals surface area contributed by atoms with Crippen LogP contribution in [0.2, 0.25) is 5.02 Å². The first-order valence-electron chi connectivity index (χ1n) is 6.81. The third kappa shape index (κ3) is 3.22. The lowest BCUT2D eigenvalue weighted by atomic mass is 10.2. The van der Waals surface area contributed by atoms with Crippen LogP contribution in [0.15, 0.2) is 42.5 Å². The number of fused-ring (bicyclic) bond motifs is 1. The van der Waals surface area contributed by atoms with Crippen LogP contribution in [0.5, 0.6) is 11.5 Å². The molecule has 3 amide bonds. The highest BCUT2D eigenvalue weighted by atomic mass is 35.5. The normalized spacial score (nSPS) is 11.9. The molecular formula is C16H13ClN2O4. The predicted molar refractivity (Wildman–Crippen MR) is 86.2 cm³/mol. The SMILES string of the molecule is CC(=O)N(C(=O)Nc1cccc(Cl)c1)c1ccc2c(c1)OCO2. The van der Waals surface area contributed by atoms with Gasteiger partial charge in [0.2, 0.25) is 12.7 Å². The van der Waals surface area contributed by atoms with Gasteiger partial charge in [-0.2, -0.15) is 0 Å². The van der Waals surface area contributed by atoms with Crippen LogP contribution < -0.4 is 19.7 Å². The number of carbonyl (C=O) groups is 2. The molecule has 3 rings (SSSR count). The second kappa shape index (κ2) is 6.18. The molecule has 1 aliphatic rings. The summed E-state index contributed by atoms with van der Waals surface area (Å²) in [7, 11) is 0. The molecule has 1 N–H and O–H groups in total. The number of ether oxygens (including phenoxy) is 2. The standard InChI is InChI=1S/C16H13ClN2O4/c1-10(20)19(13-5-6-14-15(8-13)23-9-22-14)16(21)18-12-4-2-3-11(17)7-12/h2-8H,9H2,1H3,(H,18,21). The van der Waals surface area contributed by atoms with E-state index in [1.165, 1.54) is 6.92 Å². The second-order valence-electron chi connectivity index (χ2n) is 4.83. The van der Waals surface area contributed by atoms with Crippen LogP contribution in [0.3, 0.4) is 0 Å². The van der Waals surface area contributed by atoms with Gasteiger partial charge in [0.15, 0.2) is 11.5 Å². The number of hydrogen-bond donors (Lipinski definition) is 1. The summed E-state index contributed by atoms with van der Waals surface area (Å²) in [6.07, 6.45) is 0. The molecule has 2 aromatic carbocycles. The van der Waals surface area contributed by atoms with Crippen LogP contribution in [0.25, 0.3) is 0 Å². The van der Waals surface area contributed by atoms with Gasteiger partial charge in [0.1, 0.15) is 0 Å². The summed E-state index contributed by atoms with van der Waals surface area (Å²) >= 11 is 5.89. The smallest absolute Gasteiger partial charge is 0.333 e. The summed E-state index contributed by atoms with van der Waals surface area (Å²) in [4.78, 5) is 25.4. The number of nitrogens with one attached hydrogen (secondary N) is 1. The third-order valence-electron chi connectivity index (χ3n) is 3.21. The highest BCUT2D eigenvalue weighted by Crippen LogP contribution is 2.35. The lowest BCUT2D eigenvalue weighted by molar-refractivity contribution is -0.115. The summed E-state index contributed by atoms with van der Waals surface area (Å²) in [6, 6.07) is 10.9. The summed E-state index contributed by atoms with van der Waals surface area (Å²) in [6.45, 7) is 1.43. The molecule has 0 bridgehead atoms. The summed E-state index contributed by atoms with van der Waals surface area (Å²) in [5, 5.41) is 3.13. The van der Waals surface area contributed by atoms with Gasteiger partial charge in [-0.3, -0.25) is 4.79 Å². The first-order valence-corrected chi connectivity index (χ1v) is 7.19. The zero-order valence-electron chi connectivity index (χ0n) is 12.2. The molecule has 1 aliphatic heterocycles.